The maximum atomic E-state index is 6.06. The van der Waals surface area contributed by atoms with Gasteiger partial charge >= 0.3 is 0 Å². The summed E-state index contributed by atoms with van der Waals surface area (Å²) in [4.78, 5) is 6.78. The zero-order valence-electron chi connectivity index (χ0n) is 11.1. The van der Waals surface area contributed by atoms with Crippen molar-refractivity contribution in [3.63, 3.8) is 0 Å². The van der Waals surface area contributed by atoms with Gasteiger partial charge in [0.2, 0.25) is 0 Å². The molecule has 0 saturated heterocycles. The molecule has 17 heavy (non-hydrogen) atoms. The van der Waals surface area contributed by atoms with Crippen molar-refractivity contribution in [1.82, 2.24) is 9.88 Å². The fraction of sp³-hybridized carbons (Fsp3) is 0.769. The van der Waals surface area contributed by atoms with Gasteiger partial charge in [-0.15, -0.1) is 11.3 Å². The Hall–Kier alpha value is -0.450. The summed E-state index contributed by atoms with van der Waals surface area (Å²) in [6, 6.07) is 0. The maximum Gasteiger partial charge on any atom is 0.0795 e. The number of hydrogen-bond donors (Lipinski definition) is 1. The van der Waals surface area contributed by atoms with Crippen LogP contribution in [0.1, 0.15) is 38.8 Å². The van der Waals surface area contributed by atoms with Crippen molar-refractivity contribution < 1.29 is 0 Å². The summed E-state index contributed by atoms with van der Waals surface area (Å²) in [5.41, 5.74) is 9.72. The molecule has 2 N–H and O–H groups in total. The fourth-order valence-corrected chi connectivity index (χ4v) is 3.57. The quantitative estimate of drug-likeness (QED) is 0.896. The standard InChI is InChI=1S/C13H23N3S/c1-12(2)4-5-13(8-12,9-14)16(3)6-11-7-17-10-15-11/h7,10H,4-6,8-9,14H2,1-3H3. The van der Waals surface area contributed by atoms with Crippen LogP contribution in [0.3, 0.4) is 0 Å². The third-order valence-electron chi connectivity index (χ3n) is 4.15. The van der Waals surface area contributed by atoms with Gasteiger partial charge in [-0.25, -0.2) is 4.98 Å². The zero-order chi connectivity index (χ0) is 12.5. The molecule has 1 atom stereocenters. The van der Waals surface area contributed by atoms with Gasteiger partial charge in [-0.3, -0.25) is 4.90 Å². The average Bonchev–Trinajstić information content (AvgIpc) is 2.86. The second-order valence-corrected chi connectivity index (χ2v) is 6.82. The molecule has 1 heterocycles. The van der Waals surface area contributed by atoms with Gasteiger partial charge in [-0.1, -0.05) is 13.8 Å². The lowest BCUT2D eigenvalue weighted by Gasteiger charge is -2.39. The molecule has 1 saturated carbocycles. The van der Waals surface area contributed by atoms with Crippen molar-refractivity contribution >= 4 is 11.3 Å². The molecule has 0 radical (unpaired) electrons. The molecule has 3 nitrogen and oxygen atoms in total. The van der Waals surface area contributed by atoms with Gasteiger partial charge in [-0.05, 0) is 31.7 Å². The Bertz CT molecular complexity index is 361. The highest BCUT2D eigenvalue weighted by Crippen LogP contribution is 2.46. The van der Waals surface area contributed by atoms with Gasteiger partial charge in [0.1, 0.15) is 0 Å². The van der Waals surface area contributed by atoms with Crippen molar-refractivity contribution in [2.24, 2.45) is 11.1 Å². The maximum absolute atomic E-state index is 6.06. The minimum Gasteiger partial charge on any atom is -0.329 e. The molecule has 1 aromatic heterocycles. The second kappa shape index (κ2) is 4.67. The predicted molar refractivity (Wildman–Crippen MR) is 73.0 cm³/mol. The minimum absolute atomic E-state index is 0.174. The molecule has 1 aliphatic carbocycles. The summed E-state index contributed by atoms with van der Waals surface area (Å²) in [5.74, 6) is 0. The Morgan fingerprint density at radius 2 is 2.24 bits per heavy atom. The monoisotopic (exact) mass is 253 g/mol. The average molecular weight is 253 g/mol. The van der Waals surface area contributed by atoms with Crippen molar-refractivity contribution in [3.8, 4) is 0 Å². The van der Waals surface area contributed by atoms with E-state index < -0.39 is 0 Å². The third-order valence-corrected chi connectivity index (χ3v) is 4.78. The Morgan fingerprint density at radius 1 is 1.47 bits per heavy atom. The first-order valence-electron chi connectivity index (χ1n) is 6.26. The number of rotatable bonds is 4. The lowest BCUT2D eigenvalue weighted by molar-refractivity contribution is 0.110. The Kier molecular flexibility index (Phi) is 3.57. The molecule has 96 valence electrons. The van der Waals surface area contributed by atoms with Crippen LogP contribution >= 0.6 is 11.3 Å². The zero-order valence-corrected chi connectivity index (χ0v) is 11.9. The molecule has 2 rings (SSSR count). The van der Waals surface area contributed by atoms with Crippen molar-refractivity contribution in [3.05, 3.63) is 16.6 Å². The van der Waals surface area contributed by atoms with Gasteiger partial charge < -0.3 is 5.73 Å². The van der Waals surface area contributed by atoms with E-state index in [1.807, 2.05) is 5.51 Å². The molecule has 1 aliphatic rings. The number of hydrogen-bond acceptors (Lipinski definition) is 4. The van der Waals surface area contributed by atoms with Crippen molar-refractivity contribution in [2.75, 3.05) is 13.6 Å². The smallest absolute Gasteiger partial charge is 0.0795 e. The predicted octanol–water partition coefficient (Wildman–Crippen LogP) is 2.48. The summed E-state index contributed by atoms with van der Waals surface area (Å²) >= 11 is 1.66. The van der Waals surface area contributed by atoms with Gasteiger partial charge in [-0.2, -0.15) is 0 Å². The molecule has 0 aromatic carbocycles. The topological polar surface area (TPSA) is 42.2 Å². The van der Waals surface area contributed by atoms with E-state index in [9.17, 15) is 0 Å². The molecule has 0 spiro atoms. The van der Waals surface area contributed by atoms with Crippen LogP contribution in [0.4, 0.5) is 0 Å². The van der Waals surface area contributed by atoms with Crippen LogP contribution in [0.5, 0.6) is 0 Å². The first-order chi connectivity index (χ1) is 7.97. The van der Waals surface area contributed by atoms with Crippen LogP contribution in [0, 0.1) is 5.41 Å². The summed E-state index contributed by atoms with van der Waals surface area (Å²) in [7, 11) is 2.19. The van der Waals surface area contributed by atoms with Crippen LogP contribution in [-0.4, -0.2) is 29.0 Å². The fourth-order valence-electron chi connectivity index (χ4n) is 3.02. The molecule has 4 heteroatoms. The molecule has 1 fully saturated rings. The van der Waals surface area contributed by atoms with Crippen LogP contribution < -0.4 is 5.73 Å². The van der Waals surface area contributed by atoms with E-state index >= 15 is 0 Å². The molecule has 1 aromatic rings. The number of thiazole rings is 1. The molecule has 0 amide bonds. The molecular weight excluding hydrogens is 230 g/mol. The number of aromatic nitrogens is 1. The molecular formula is C13H23N3S. The lowest BCUT2D eigenvalue weighted by Crippen LogP contribution is -2.50. The third kappa shape index (κ3) is 2.69. The van der Waals surface area contributed by atoms with E-state index in [1.54, 1.807) is 11.3 Å². The molecule has 0 aliphatic heterocycles. The molecule has 0 bridgehead atoms. The summed E-state index contributed by atoms with van der Waals surface area (Å²) < 4.78 is 0. The first kappa shape index (κ1) is 13.0. The first-order valence-corrected chi connectivity index (χ1v) is 7.20. The summed E-state index contributed by atoms with van der Waals surface area (Å²) in [6.07, 6.45) is 3.67. The summed E-state index contributed by atoms with van der Waals surface area (Å²) in [6.45, 7) is 6.36. The van der Waals surface area contributed by atoms with Crippen LogP contribution in [0.15, 0.2) is 10.9 Å². The Morgan fingerprint density at radius 3 is 2.71 bits per heavy atom. The van der Waals surface area contributed by atoms with E-state index in [1.165, 1.54) is 19.3 Å². The van der Waals surface area contributed by atoms with E-state index in [0.29, 0.717) is 5.41 Å². The number of likely N-dealkylation sites (N-methyl/N-ethyl adjacent to an activating group) is 1. The SMILES string of the molecule is CN(Cc1cscn1)C1(CN)CCC(C)(C)C1. The van der Waals surface area contributed by atoms with E-state index in [4.69, 9.17) is 5.73 Å². The van der Waals surface area contributed by atoms with Crippen molar-refractivity contribution in [1.29, 1.82) is 0 Å². The van der Waals surface area contributed by atoms with Crippen LogP contribution in [0.2, 0.25) is 0 Å². The normalized spacial score (nSPS) is 27.8. The largest absolute Gasteiger partial charge is 0.329 e. The van der Waals surface area contributed by atoms with E-state index in [2.05, 4.69) is 36.2 Å². The van der Waals surface area contributed by atoms with Gasteiger partial charge in [0.05, 0.1) is 11.2 Å². The number of nitrogens with two attached hydrogens (primary N) is 1. The highest BCUT2D eigenvalue weighted by molar-refractivity contribution is 7.07. The second-order valence-electron chi connectivity index (χ2n) is 6.11. The number of nitrogens with zero attached hydrogens (tertiary/aromatic N) is 2. The van der Waals surface area contributed by atoms with Crippen LogP contribution in [-0.2, 0) is 6.54 Å². The van der Waals surface area contributed by atoms with Gasteiger partial charge in [0, 0.05) is 24.0 Å². The van der Waals surface area contributed by atoms with E-state index in [0.717, 1.165) is 18.8 Å². The lowest BCUT2D eigenvalue weighted by atomic mass is 9.87. The minimum atomic E-state index is 0.174. The Balaban J connectivity index is 2.08. The molecule has 1 unspecified atom stereocenters. The summed E-state index contributed by atoms with van der Waals surface area (Å²) in [5, 5.41) is 2.13. The van der Waals surface area contributed by atoms with Gasteiger partial charge in [0.15, 0.2) is 0 Å². The van der Waals surface area contributed by atoms with Crippen LogP contribution in [0.25, 0.3) is 0 Å². The van der Waals surface area contributed by atoms with Crippen molar-refractivity contribution in [2.45, 2.75) is 45.2 Å². The highest BCUT2D eigenvalue weighted by atomic mass is 32.1. The Labute approximate surface area is 108 Å². The highest BCUT2D eigenvalue weighted by Gasteiger charge is 2.44. The van der Waals surface area contributed by atoms with E-state index in [-0.39, 0.29) is 5.54 Å². The van der Waals surface area contributed by atoms with Gasteiger partial charge in [0.25, 0.3) is 0 Å².